The van der Waals surface area contributed by atoms with Crippen LogP contribution in [-0.2, 0) is 9.47 Å². The SMILES string of the molecule is CC=CC1COC(c2ccc(-c3ccc(-c4ccc(OCCC)c(F)c4F)cc3)c(F)c2)OC1. The van der Waals surface area contributed by atoms with E-state index in [1.54, 1.807) is 36.4 Å². The van der Waals surface area contributed by atoms with Crippen LogP contribution in [0.3, 0.4) is 0 Å². The number of allylic oxidation sites excluding steroid dienone is 1. The molecule has 0 radical (unpaired) electrons. The van der Waals surface area contributed by atoms with Crippen molar-refractivity contribution in [3.05, 3.63) is 89.8 Å². The zero-order chi connectivity index (χ0) is 24.1. The van der Waals surface area contributed by atoms with Crippen molar-refractivity contribution in [1.29, 1.82) is 0 Å². The highest BCUT2D eigenvalue weighted by Gasteiger charge is 2.23. The summed E-state index contributed by atoms with van der Waals surface area (Å²) in [6.45, 7) is 5.18. The van der Waals surface area contributed by atoms with Crippen LogP contribution in [0.1, 0.15) is 32.1 Å². The standard InChI is InChI=1S/C28H27F3O3/c1-3-5-18-16-33-28(34-17-18)21-10-11-22(24(29)15-21)19-6-8-20(9-7-19)23-12-13-25(32-14-4-2)27(31)26(23)30/h3,5-13,15,18,28H,4,14,16-17H2,1-2H3. The van der Waals surface area contributed by atoms with Gasteiger partial charge in [-0.2, -0.15) is 4.39 Å². The molecule has 1 aliphatic heterocycles. The van der Waals surface area contributed by atoms with Crippen LogP contribution in [0.4, 0.5) is 13.2 Å². The van der Waals surface area contributed by atoms with Gasteiger partial charge in [0.2, 0.25) is 5.82 Å². The first-order valence-electron chi connectivity index (χ1n) is 11.4. The molecule has 4 rings (SSSR count). The van der Waals surface area contributed by atoms with Crippen molar-refractivity contribution in [2.45, 2.75) is 26.6 Å². The Morgan fingerprint density at radius 3 is 2.15 bits per heavy atom. The summed E-state index contributed by atoms with van der Waals surface area (Å²) >= 11 is 0. The molecule has 0 aromatic heterocycles. The lowest BCUT2D eigenvalue weighted by molar-refractivity contribution is -0.197. The molecule has 0 aliphatic carbocycles. The molecule has 3 aromatic rings. The molecule has 3 nitrogen and oxygen atoms in total. The predicted molar refractivity (Wildman–Crippen MR) is 126 cm³/mol. The molecule has 0 N–H and O–H groups in total. The molecular weight excluding hydrogens is 441 g/mol. The zero-order valence-corrected chi connectivity index (χ0v) is 19.2. The van der Waals surface area contributed by atoms with E-state index in [1.807, 2.05) is 26.0 Å². The van der Waals surface area contributed by atoms with Crippen molar-refractivity contribution in [2.75, 3.05) is 19.8 Å². The molecule has 1 fully saturated rings. The summed E-state index contributed by atoms with van der Waals surface area (Å²) in [7, 11) is 0. The maximum Gasteiger partial charge on any atom is 0.201 e. The van der Waals surface area contributed by atoms with E-state index in [-0.39, 0.29) is 17.2 Å². The monoisotopic (exact) mass is 468 g/mol. The largest absolute Gasteiger partial charge is 0.490 e. The number of ether oxygens (including phenoxy) is 3. The van der Waals surface area contributed by atoms with E-state index in [2.05, 4.69) is 0 Å². The van der Waals surface area contributed by atoms with Gasteiger partial charge in [-0.3, -0.25) is 0 Å². The van der Waals surface area contributed by atoms with Crippen LogP contribution in [-0.4, -0.2) is 19.8 Å². The fourth-order valence-electron chi connectivity index (χ4n) is 3.91. The van der Waals surface area contributed by atoms with Gasteiger partial charge in [0.05, 0.1) is 19.8 Å². The highest BCUT2D eigenvalue weighted by Crippen LogP contribution is 2.33. The average molecular weight is 469 g/mol. The lowest BCUT2D eigenvalue weighted by atomic mass is 9.98. The molecule has 1 saturated heterocycles. The Kier molecular flexibility index (Phi) is 7.70. The summed E-state index contributed by atoms with van der Waals surface area (Å²) in [6, 6.07) is 14.4. The van der Waals surface area contributed by atoms with Crippen molar-refractivity contribution in [3.63, 3.8) is 0 Å². The smallest absolute Gasteiger partial charge is 0.201 e. The summed E-state index contributed by atoms with van der Waals surface area (Å²) in [5.41, 5.74) is 2.23. The molecule has 1 aliphatic rings. The van der Waals surface area contributed by atoms with Gasteiger partial charge < -0.3 is 14.2 Å². The second-order valence-corrected chi connectivity index (χ2v) is 8.19. The Labute approximate surface area is 197 Å². The number of benzene rings is 3. The van der Waals surface area contributed by atoms with Crippen LogP contribution in [0.2, 0.25) is 0 Å². The minimum absolute atomic E-state index is 0.106. The first kappa shape index (κ1) is 24.0. The topological polar surface area (TPSA) is 27.7 Å². The van der Waals surface area contributed by atoms with Crippen molar-refractivity contribution in [1.82, 2.24) is 0 Å². The lowest BCUT2D eigenvalue weighted by Gasteiger charge is -2.28. The number of hydrogen-bond acceptors (Lipinski definition) is 3. The average Bonchev–Trinajstić information content (AvgIpc) is 2.86. The molecule has 0 atom stereocenters. The van der Waals surface area contributed by atoms with Gasteiger partial charge in [-0.05, 0) is 42.7 Å². The third kappa shape index (κ3) is 5.18. The third-order valence-corrected chi connectivity index (χ3v) is 5.67. The third-order valence-electron chi connectivity index (χ3n) is 5.67. The van der Waals surface area contributed by atoms with Crippen LogP contribution < -0.4 is 4.74 Å². The van der Waals surface area contributed by atoms with E-state index in [4.69, 9.17) is 14.2 Å². The van der Waals surface area contributed by atoms with Crippen molar-refractivity contribution in [3.8, 4) is 28.0 Å². The summed E-state index contributed by atoms with van der Waals surface area (Å²) in [4.78, 5) is 0. The molecule has 34 heavy (non-hydrogen) atoms. The van der Waals surface area contributed by atoms with Gasteiger partial charge in [-0.15, -0.1) is 0 Å². The van der Waals surface area contributed by atoms with Crippen molar-refractivity contribution >= 4 is 0 Å². The van der Waals surface area contributed by atoms with Gasteiger partial charge in [-0.1, -0.05) is 55.5 Å². The van der Waals surface area contributed by atoms with Gasteiger partial charge in [-0.25, -0.2) is 8.78 Å². The Morgan fingerprint density at radius 1 is 0.882 bits per heavy atom. The molecular formula is C28H27F3O3. The quantitative estimate of drug-likeness (QED) is 0.337. The molecule has 3 aromatic carbocycles. The Balaban J connectivity index is 1.51. The van der Waals surface area contributed by atoms with E-state index >= 15 is 0 Å². The van der Waals surface area contributed by atoms with Gasteiger partial charge in [0, 0.05) is 22.6 Å². The second kappa shape index (κ2) is 10.9. The molecule has 6 heteroatoms. The second-order valence-electron chi connectivity index (χ2n) is 8.19. The summed E-state index contributed by atoms with van der Waals surface area (Å²) < 4.78 is 60.6. The van der Waals surface area contributed by atoms with E-state index < -0.39 is 23.7 Å². The van der Waals surface area contributed by atoms with Gasteiger partial charge in [0.1, 0.15) is 5.82 Å². The van der Waals surface area contributed by atoms with Gasteiger partial charge in [0.25, 0.3) is 0 Å². The van der Waals surface area contributed by atoms with E-state index in [1.165, 1.54) is 18.2 Å². The molecule has 0 unspecified atom stereocenters. The van der Waals surface area contributed by atoms with Crippen LogP contribution in [0.5, 0.6) is 5.75 Å². The van der Waals surface area contributed by atoms with Crippen molar-refractivity contribution < 1.29 is 27.4 Å². The van der Waals surface area contributed by atoms with E-state index in [0.29, 0.717) is 48.5 Å². The molecule has 0 amide bonds. The van der Waals surface area contributed by atoms with Crippen LogP contribution in [0, 0.1) is 23.4 Å². The maximum absolute atomic E-state index is 14.9. The van der Waals surface area contributed by atoms with Crippen LogP contribution >= 0.6 is 0 Å². The number of hydrogen-bond donors (Lipinski definition) is 0. The minimum atomic E-state index is -1.01. The fourth-order valence-corrected chi connectivity index (χ4v) is 3.91. The Morgan fingerprint density at radius 2 is 1.53 bits per heavy atom. The molecule has 0 bridgehead atoms. The van der Waals surface area contributed by atoms with E-state index in [9.17, 15) is 13.2 Å². The zero-order valence-electron chi connectivity index (χ0n) is 19.2. The van der Waals surface area contributed by atoms with Gasteiger partial charge >= 0.3 is 0 Å². The first-order chi connectivity index (χ1) is 16.5. The lowest BCUT2D eigenvalue weighted by Crippen LogP contribution is -2.25. The Hall–Kier alpha value is -3.09. The molecule has 0 spiro atoms. The predicted octanol–water partition coefficient (Wildman–Crippen LogP) is 7.46. The molecule has 178 valence electrons. The first-order valence-corrected chi connectivity index (χ1v) is 11.4. The highest BCUT2D eigenvalue weighted by molar-refractivity contribution is 5.71. The summed E-state index contributed by atoms with van der Waals surface area (Å²) in [5.74, 6) is -2.31. The number of halogens is 3. The normalized spacial score (nSPS) is 18.4. The van der Waals surface area contributed by atoms with Crippen LogP contribution in [0.25, 0.3) is 22.3 Å². The Bertz CT molecular complexity index is 1150. The minimum Gasteiger partial charge on any atom is -0.490 e. The number of rotatable bonds is 7. The van der Waals surface area contributed by atoms with Crippen LogP contribution in [0.15, 0.2) is 66.7 Å². The fraction of sp³-hybridized carbons (Fsp3) is 0.286. The van der Waals surface area contributed by atoms with Gasteiger partial charge in [0.15, 0.2) is 17.9 Å². The molecule has 1 heterocycles. The van der Waals surface area contributed by atoms with E-state index in [0.717, 1.165) is 0 Å². The highest BCUT2D eigenvalue weighted by atomic mass is 19.2. The summed E-state index contributed by atoms with van der Waals surface area (Å²) in [6.07, 6.45) is 4.08. The maximum atomic E-state index is 14.9. The van der Waals surface area contributed by atoms with Crippen molar-refractivity contribution in [2.24, 2.45) is 5.92 Å². The summed E-state index contributed by atoms with van der Waals surface area (Å²) in [5, 5.41) is 0. The molecule has 0 saturated carbocycles.